The molecular formula is C27H45N3O5. The predicted octanol–water partition coefficient (Wildman–Crippen LogP) is 4.97. The molecule has 4 fully saturated rings. The lowest BCUT2D eigenvalue weighted by molar-refractivity contribution is -0.134. The van der Waals surface area contributed by atoms with Gasteiger partial charge in [0.15, 0.2) is 0 Å². The van der Waals surface area contributed by atoms with Crippen molar-refractivity contribution in [1.29, 1.82) is 0 Å². The maximum atomic E-state index is 13.4. The van der Waals surface area contributed by atoms with Crippen LogP contribution >= 0.6 is 0 Å². The van der Waals surface area contributed by atoms with Crippen molar-refractivity contribution < 1.29 is 23.9 Å². The maximum absolute atomic E-state index is 13.4. The number of nitrogens with one attached hydrogen (secondary N) is 1. The Kier molecular flexibility index (Phi) is 6.16. The summed E-state index contributed by atoms with van der Waals surface area (Å²) >= 11 is 0. The molecule has 198 valence electrons. The van der Waals surface area contributed by atoms with Crippen molar-refractivity contribution in [2.45, 2.75) is 105 Å². The highest BCUT2D eigenvalue weighted by molar-refractivity contribution is 5.86. The lowest BCUT2D eigenvalue weighted by atomic mass is 9.70. The first-order valence-corrected chi connectivity index (χ1v) is 13.2. The first-order valence-electron chi connectivity index (χ1n) is 13.2. The molecule has 0 aliphatic heterocycles. The summed E-state index contributed by atoms with van der Waals surface area (Å²) in [5.41, 5.74) is 2.52. The van der Waals surface area contributed by atoms with Gasteiger partial charge in [-0.25, -0.2) is 20.0 Å². The summed E-state index contributed by atoms with van der Waals surface area (Å²) in [5.74, 6) is 0.705. The van der Waals surface area contributed by atoms with Crippen LogP contribution in [0.2, 0.25) is 0 Å². The number of rotatable bonds is 4. The molecule has 4 rings (SSSR count). The Morgan fingerprint density at radius 3 is 1.66 bits per heavy atom. The van der Waals surface area contributed by atoms with Crippen LogP contribution in [0.4, 0.5) is 9.59 Å². The second-order valence-corrected chi connectivity index (χ2v) is 13.4. The minimum absolute atomic E-state index is 0.0737. The van der Waals surface area contributed by atoms with E-state index in [1.807, 2.05) is 0 Å². The first-order chi connectivity index (χ1) is 16.1. The van der Waals surface area contributed by atoms with Gasteiger partial charge in [0.25, 0.3) is 0 Å². The van der Waals surface area contributed by atoms with Crippen LogP contribution in [0.3, 0.4) is 0 Å². The van der Waals surface area contributed by atoms with Gasteiger partial charge in [0.2, 0.25) is 5.91 Å². The highest BCUT2D eigenvalue weighted by atomic mass is 16.6. The van der Waals surface area contributed by atoms with Gasteiger partial charge in [-0.3, -0.25) is 4.79 Å². The number of hydrogen-bond donors (Lipinski definition) is 1. The Balaban J connectivity index is 1.48. The van der Waals surface area contributed by atoms with E-state index in [9.17, 15) is 14.4 Å². The summed E-state index contributed by atoms with van der Waals surface area (Å²) in [6, 6.07) is -0.934. The van der Waals surface area contributed by atoms with Gasteiger partial charge in [-0.15, -0.1) is 0 Å². The zero-order chi connectivity index (χ0) is 26.1. The molecule has 8 nitrogen and oxygen atoms in total. The number of hydrazine groups is 1. The summed E-state index contributed by atoms with van der Waals surface area (Å²) in [5, 5.41) is 1.02. The van der Waals surface area contributed by atoms with Gasteiger partial charge in [0.05, 0.1) is 0 Å². The molecule has 3 amide bonds. The van der Waals surface area contributed by atoms with E-state index in [1.165, 1.54) is 4.90 Å². The summed E-state index contributed by atoms with van der Waals surface area (Å²) in [4.78, 5) is 40.7. The van der Waals surface area contributed by atoms with Crippen molar-refractivity contribution in [2.24, 2.45) is 33.5 Å². The van der Waals surface area contributed by atoms with E-state index in [0.717, 1.165) is 43.5 Å². The van der Waals surface area contributed by atoms with Gasteiger partial charge in [0, 0.05) is 24.9 Å². The van der Waals surface area contributed by atoms with Crippen molar-refractivity contribution in [2.75, 3.05) is 14.1 Å². The van der Waals surface area contributed by atoms with Crippen LogP contribution < -0.4 is 5.43 Å². The SMILES string of the molecule is C[C@@H](C(=O)N(C)C)N(NC(=O)O[C@@H]1C[C@H]2CC[C@]1(C)C2(C)C)C(=O)O[C@@H]1C[C@H]2CC[C@]1(C)C2(C)C. The molecule has 4 aliphatic rings. The predicted molar refractivity (Wildman–Crippen MR) is 132 cm³/mol. The molecule has 4 saturated carbocycles. The molecule has 0 spiro atoms. The van der Waals surface area contributed by atoms with Crippen molar-refractivity contribution in [1.82, 2.24) is 15.3 Å². The average Bonchev–Trinajstić information content (AvgIpc) is 3.28. The molecule has 0 aromatic rings. The standard InChI is InChI=1S/C27H45N3O5/c1-16(21(31)29(8)9)30(23(33)35-20-15-18-11-13-27(20,7)25(18,4)5)28-22(32)34-19-14-17-10-12-26(19,6)24(17,2)3/h16-20H,10-15H2,1-9H3,(H,28,32)/t16-,17+,18+,19+,20+,26-,27-/m0/s1. The van der Waals surface area contributed by atoms with Crippen LogP contribution in [0.1, 0.15) is 87.0 Å². The fraction of sp³-hybridized carbons (Fsp3) is 0.889. The fourth-order valence-corrected chi connectivity index (χ4v) is 7.83. The number of fused-ring (bicyclic) bond motifs is 4. The lowest BCUT2D eigenvalue weighted by Crippen LogP contribution is -2.57. The number of nitrogens with zero attached hydrogens (tertiary/aromatic N) is 2. The fourth-order valence-electron chi connectivity index (χ4n) is 7.83. The number of ether oxygens (including phenoxy) is 2. The van der Waals surface area contributed by atoms with E-state index in [2.05, 4.69) is 47.0 Å². The zero-order valence-corrected chi connectivity index (χ0v) is 23.1. The van der Waals surface area contributed by atoms with Crippen LogP contribution in [0, 0.1) is 33.5 Å². The van der Waals surface area contributed by atoms with Crippen LogP contribution in [0.15, 0.2) is 0 Å². The molecule has 8 heteroatoms. The van der Waals surface area contributed by atoms with Crippen LogP contribution in [-0.4, -0.2) is 60.3 Å². The number of amides is 3. The van der Waals surface area contributed by atoms with E-state index < -0.39 is 18.2 Å². The van der Waals surface area contributed by atoms with E-state index in [0.29, 0.717) is 11.8 Å². The van der Waals surface area contributed by atoms with Crippen LogP contribution in [-0.2, 0) is 14.3 Å². The first kappa shape index (κ1) is 26.1. The molecule has 4 aliphatic carbocycles. The third-order valence-corrected chi connectivity index (χ3v) is 11.5. The largest absolute Gasteiger partial charge is 0.444 e. The molecule has 0 aromatic carbocycles. The van der Waals surface area contributed by atoms with Gasteiger partial charge in [-0.1, -0.05) is 41.5 Å². The van der Waals surface area contributed by atoms with E-state index in [-0.39, 0.29) is 39.8 Å². The van der Waals surface area contributed by atoms with Crippen molar-refractivity contribution in [3.05, 3.63) is 0 Å². The topological polar surface area (TPSA) is 88.2 Å². The quantitative estimate of drug-likeness (QED) is 0.561. The Morgan fingerprint density at radius 1 is 0.829 bits per heavy atom. The van der Waals surface area contributed by atoms with Gasteiger partial charge in [-0.05, 0) is 68.1 Å². The third-order valence-electron chi connectivity index (χ3n) is 11.5. The molecular weight excluding hydrogens is 446 g/mol. The highest BCUT2D eigenvalue weighted by Gasteiger charge is 2.64. The average molecular weight is 492 g/mol. The summed E-state index contributed by atoms with van der Waals surface area (Å²) < 4.78 is 11.9. The number of hydrogen-bond acceptors (Lipinski definition) is 5. The van der Waals surface area contributed by atoms with E-state index in [4.69, 9.17) is 9.47 Å². The molecule has 4 bridgehead atoms. The minimum Gasteiger partial charge on any atom is -0.444 e. The molecule has 0 saturated heterocycles. The Morgan fingerprint density at radius 2 is 1.29 bits per heavy atom. The second kappa shape index (κ2) is 8.27. The van der Waals surface area contributed by atoms with Crippen molar-refractivity contribution in [3.63, 3.8) is 0 Å². The normalized spacial score (nSPS) is 38.7. The smallest absolute Gasteiger partial charge is 0.429 e. The van der Waals surface area contributed by atoms with Crippen molar-refractivity contribution >= 4 is 18.1 Å². The molecule has 0 unspecified atom stereocenters. The van der Waals surface area contributed by atoms with Crippen LogP contribution in [0.5, 0.6) is 0 Å². The lowest BCUT2D eigenvalue weighted by Gasteiger charge is -2.40. The van der Waals surface area contributed by atoms with Gasteiger partial charge in [0.1, 0.15) is 18.2 Å². The van der Waals surface area contributed by atoms with Gasteiger partial charge in [-0.2, -0.15) is 0 Å². The molecule has 35 heavy (non-hydrogen) atoms. The Labute approximate surface area is 210 Å². The third kappa shape index (κ3) is 3.72. The number of likely N-dealkylation sites (N-methyl/N-ethyl adjacent to an activating group) is 1. The minimum atomic E-state index is -0.934. The summed E-state index contributed by atoms with van der Waals surface area (Å²) in [6.45, 7) is 15.0. The molecule has 1 N–H and O–H groups in total. The number of carbonyl (C=O) groups excluding carboxylic acids is 3. The Hall–Kier alpha value is -1.99. The second-order valence-electron chi connectivity index (χ2n) is 13.4. The summed E-state index contributed by atoms with van der Waals surface area (Å²) in [7, 11) is 3.25. The monoisotopic (exact) mass is 491 g/mol. The van der Waals surface area contributed by atoms with Crippen molar-refractivity contribution in [3.8, 4) is 0 Å². The molecule has 7 atom stereocenters. The summed E-state index contributed by atoms with van der Waals surface area (Å²) in [6.07, 6.45) is 4.03. The molecule has 0 heterocycles. The van der Waals surface area contributed by atoms with Gasteiger partial charge >= 0.3 is 12.2 Å². The van der Waals surface area contributed by atoms with Crippen LogP contribution in [0.25, 0.3) is 0 Å². The molecule has 0 aromatic heterocycles. The highest BCUT2D eigenvalue weighted by Crippen LogP contribution is 2.67. The van der Waals surface area contributed by atoms with E-state index in [1.54, 1.807) is 21.0 Å². The van der Waals surface area contributed by atoms with Gasteiger partial charge < -0.3 is 14.4 Å². The molecule has 0 radical (unpaired) electrons. The zero-order valence-electron chi connectivity index (χ0n) is 23.1. The number of carbonyl (C=O) groups is 3. The maximum Gasteiger partial charge on any atom is 0.429 e. The van der Waals surface area contributed by atoms with E-state index >= 15 is 0 Å². The Bertz CT molecular complexity index is 901.